The summed E-state index contributed by atoms with van der Waals surface area (Å²) in [5.41, 5.74) is 7.37. The normalized spacial score (nSPS) is 17.2. The van der Waals surface area contributed by atoms with Crippen molar-refractivity contribution in [1.82, 2.24) is 19.8 Å². The minimum atomic E-state index is -0.849. The summed E-state index contributed by atoms with van der Waals surface area (Å²) in [6.07, 6.45) is 7.65. The number of thiazole rings is 1. The number of pyridine rings is 1. The molecular weight excluding hydrogens is 776 g/mol. The summed E-state index contributed by atoms with van der Waals surface area (Å²) in [5, 5.41) is 33.0. The SMILES string of the molecule is Cc1c(COc2cc(OCc3cncc(C#N)c3)c(CN3CCCCC3C(=O)O)cc2Cl)cccc1-c1cccc(NC(=O)c2ncc(CN3CCC(O)C3)s2)c1C. The summed E-state index contributed by atoms with van der Waals surface area (Å²) in [6.45, 7) is 7.45. The molecule has 5 aromatic rings. The number of benzene rings is 3. The lowest BCUT2D eigenvalue weighted by atomic mass is 9.93. The number of halogens is 1. The van der Waals surface area contributed by atoms with E-state index in [2.05, 4.69) is 26.3 Å². The summed E-state index contributed by atoms with van der Waals surface area (Å²) in [5.74, 6) is -0.214. The molecule has 2 atom stereocenters. The van der Waals surface area contributed by atoms with Crippen LogP contribution < -0.4 is 14.8 Å². The number of carbonyl (C=O) groups is 2. The lowest BCUT2D eigenvalue weighted by Gasteiger charge is -2.33. The van der Waals surface area contributed by atoms with Crippen LogP contribution in [0.25, 0.3) is 11.1 Å². The zero-order chi connectivity index (χ0) is 40.8. The molecule has 2 aliphatic rings. The first-order chi connectivity index (χ1) is 28.1. The van der Waals surface area contributed by atoms with Gasteiger partial charge in [-0.2, -0.15) is 5.26 Å². The van der Waals surface area contributed by atoms with E-state index in [0.29, 0.717) is 70.9 Å². The number of aliphatic carboxylic acids is 1. The number of carboxylic acids is 1. The molecule has 0 spiro atoms. The number of β-amino-alcohol motifs (C(OH)–C–C–N with tert-alkyl or cyclic N) is 1. The lowest BCUT2D eigenvalue weighted by Crippen LogP contribution is -2.44. The highest BCUT2D eigenvalue weighted by Gasteiger charge is 2.29. The highest BCUT2D eigenvalue weighted by atomic mass is 35.5. The van der Waals surface area contributed by atoms with Crippen LogP contribution in [-0.2, 0) is 31.1 Å². The predicted octanol–water partition coefficient (Wildman–Crippen LogP) is 7.76. The average molecular weight is 821 g/mol. The van der Waals surface area contributed by atoms with Gasteiger partial charge in [0.2, 0.25) is 0 Å². The van der Waals surface area contributed by atoms with Crippen molar-refractivity contribution in [2.45, 2.75) is 78.0 Å². The number of piperidine rings is 1. The number of hydrogen-bond acceptors (Lipinski definition) is 11. The van der Waals surface area contributed by atoms with Gasteiger partial charge in [0.15, 0.2) is 5.01 Å². The van der Waals surface area contributed by atoms with Gasteiger partial charge in [-0.3, -0.25) is 24.4 Å². The molecule has 3 N–H and O–H groups in total. The van der Waals surface area contributed by atoms with Crippen LogP contribution in [0.5, 0.6) is 11.5 Å². The molecule has 4 heterocycles. The fourth-order valence-electron chi connectivity index (χ4n) is 7.60. The number of amides is 1. The molecule has 58 heavy (non-hydrogen) atoms. The molecular formula is C44H45ClN6O6S. The number of aliphatic hydroxyl groups is 1. The van der Waals surface area contributed by atoms with Crippen molar-refractivity contribution in [3.8, 4) is 28.7 Å². The molecule has 2 saturated heterocycles. The minimum absolute atomic E-state index is 0.133. The molecule has 0 bridgehead atoms. The molecule has 0 radical (unpaired) electrons. The zero-order valence-corrected chi connectivity index (χ0v) is 34.0. The molecule has 2 aliphatic heterocycles. The van der Waals surface area contributed by atoms with Crippen molar-refractivity contribution in [3.63, 3.8) is 0 Å². The van der Waals surface area contributed by atoms with E-state index in [0.717, 1.165) is 64.1 Å². The Morgan fingerprint density at radius 1 is 0.948 bits per heavy atom. The quantitative estimate of drug-likeness (QED) is 0.100. The topological polar surface area (TPSA) is 161 Å². The first kappa shape index (κ1) is 40.8. The number of aliphatic hydroxyl groups excluding tert-OH is 1. The Morgan fingerprint density at radius 3 is 2.52 bits per heavy atom. The maximum Gasteiger partial charge on any atom is 0.320 e. The third-order valence-corrected chi connectivity index (χ3v) is 12.1. The van der Waals surface area contributed by atoms with Crippen LogP contribution in [0.15, 0.2) is 73.2 Å². The molecule has 0 aliphatic carbocycles. The van der Waals surface area contributed by atoms with Crippen molar-refractivity contribution in [1.29, 1.82) is 5.26 Å². The monoisotopic (exact) mass is 820 g/mol. The highest BCUT2D eigenvalue weighted by molar-refractivity contribution is 7.13. The van der Waals surface area contributed by atoms with E-state index >= 15 is 0 Å². The fraction of sp³-hybridized carbons (Fsp3) is 0.341. The predicted molar refractivity (Wildman–Crippen MR) is 222 cm³/mol. The van der Waals surface area contributed by atoms with E-state index in [1.807, 2.05) is 55.1 Å². The van der Waals surface area contributed by atoms with Crippen LogP contribution in [0.3, 0.4) is 0 Å². The van der Waals surface area contributed by atoms with Gasteiger partial charge in [0.25, 0.3) is 5.91 Å². The van der Waals surface area contributed by atoms with Gasteiger partial charge in [-0.1, -0.05) is 48.4 Å². The highest BCUT2D eigenvalue weighted by Crippen LogP contribution is 2.37. The van der Waals surface area contributed by atoms with Crippen molar-refractivity contribution < 1.29 is 29.3 Å². The van der Waals surface area contributed by atoms with E-state index in [9.17, 15) is 25.1 Å². The molecule has 1 amide bonds. The molecule has 2 fully saturated rings. The molecule has 14 heteroatoms. The third-order valence-electron chi connectivity index (χ3n) is 10.8. The van der Waals surface area contributed by atoms with Crippen LogP contribution in [0.4, 0.5) is 5.69 Å². The average Bonchev–Trinajstić information content (AvgIpc) is 3.87. The molecule has 300 valence electrons. The summed E-state index contributed by atoms with van der Waals surface area (Å²) in [6, 6.07) is 18.6. The van der Waals surface area contributed by atoms with Gasteiger partial charge in [-0.25, -0.2) is 4.98 Å². The number of nitriles is 1. The number of ether oxygens (including phenoxy) is 2. The summed E-state index contributed by atoms with van der Waals surface area (Å²) in [7, 11) is 0. The summed E-state index contributed by atoms with van der Waals surface area (Å²) < 4.78 is 12.7. The standard InChI is InChI=1S/C44H45ClN6O6S/c1-27-31(7-5-8-35(27)36-9-6-10-38(28(36)2)49-42(53)43-48-21-34(58-43)24-50-14-12-33(52)23-50)26-57-41-17-40(56-25-30-15-29(18-46)19-47-20-30)32(16-37(41)45)22-51-13-4-3-11-39(51)44(54)55/h5-10,15-17,19-21,33,39,52H,3-4,11-14,22-26H2,1-2H3,(H,49,53)(H,54,55). The van der Waals surface area contributed by atoms with Crippen molar-refractivity contribution >= 4 is 40.5 Å². The second kappa shape index (κ2) is 18.5. The second-order valence-corrected chi connectivity index (χ2v) is 16.3. The number of carboxylic acid groups (broad SMARTS) is 1. The van der Waals surface area contributed by atoms with Gasteiger partial charge in [0.05, 0.1) is 16.7 Å². The third kappa shape index (κ3) is 9.66. The van der Waals surface area contributed by atoms with Gasteiger partial charge in [-0.05, 0) is 85.7 Å². The minimum Gasteiger partial charge on any atom is -0.488 e. The smallest absolute Gasteiger partial charge is 0.320 e. The molecule has 2 unspecified atom stereocenters. The Morgan fingerprint density at radius 2 is 1.74 bits per heavy atom. The van der Waals surface area contributed by atoms with Crippen LogP contribution in [-0.4, -0.2) is 73.6 Å². The van der Waals surface area contributed by atoms with Gasteiger partial charge in [0, 0.05) is 72.5 Å². The van der Waals surface area contributed by atoms with Crippen LogP contribution in [0.2, 0.25) is 5.02 Å². The Hall–Kier alpha value is -5.36. The van der Waals surface area contributed by atoms with Crippen LogP contribution in [0.1, 0.15) is 73.7 Å². The number of rotatable bonds is 14. The Kier molecular flexibility index (Phi) is 13.0. The Balaban J connectivity index is 1.08. The number of hydrogen-bond donors (Lipinski definition) is 3. The van der Waals surface area contributed by atoms with E-state index in [-0.39, 0.29) is 25.2 Å². The van der Waals surface area contributed by atoms with Gasteiger partial charge in [-0.15, -0.1) is 11.3 Å². The number of aromatic nitrogens is 2. The van der Waals surface area contributed by atoms with Crippen molar-refractivity contribution in [2.24, 2.45) is 0 Å². The number of nitrogens with zero attached hydrogens (tertiary/aromatic N) is 5. The van der Waals surface area contributed by atoms with Crippen LogP contribution >= 0.6 is 22.9 Å². The van der Waals surface area contributed by atoms with Gasteiger partial charge in [0.1, 0.15) is 36.8 Å². The molecule has 3 aromatic carbocycles. The number of carbonyl (C=O) groups excluding carboxylic acids is 1. The summed E-state index contributed by atoms with van der Waals surface area (Å²) >= 11 is 8.23. The maximum atomic E-state index is 13.3. The Labute approximate surface area is 346 Å². The number of anilines is 1. The number of nitrogens with one attached hydrogen (secondary N) is 1. The zero-order valence-electron chi connectivity index (χ0n) is 32.4. The molecule has 7 rings (SSSR count). The first-order valence-corrected chi connectivity index (χ1v) is 20.5. The lowest BCUT2D eigenvalue weighted by molar-refractivity contribution is -0.144. The second-order valence-electron chi connectivity index (χ2n) is 14.8. The van der Waals surface area contributed by atoms with E-state index in [1.165, 1.54) is 17.5 Å². The first-order valence-electron chi connectivity index (χ1n) is 19.3. The van der Waals surface area contributed by atoms with Crippen LogP contribution in [0, 0.1) is 25.2 Å². The van der Waals surface area contributed by atoms with Gasteiger partial charge >= 0.3 is 5.97 Å². The summed E-state index contributed by atoms with van der Waals surface area (Å²) in [4.78, 5) is 39.0. The van der Waals surface area contributed by atoms with E-state index in [4.69, 9.17) is 21.1 Å². The maximum absolute atomic E-state index is 13.3. The van der Waals surface area contributed by atoms with Crippen molar-refractivity contribution in [3.05, 3.63) is 121 Å². The largest absolute Gasteiger partial charge is 0.488 e. The van der Waals surface area contributed by atoms with Gasteiger partial charge < -0.3 is 25.0 Å². The van der Waals surface area contributed by atoms with E-state index < -0.39 is 12.0 Å². The number of likely N-dealkylation sites (tertiary alicyclic amines) is 2. The molecule has 2 aromatic heterocycles. The fourth-order valence-corrected chi connectivity index (χ4v) is 8.69. The van der Waals surface area contributed by atoms with E-state index in [1.54, 1.807) is 30.6 Å². The molecule has 0 saturated carbocycles. The van der Waals surface area contributed by atoms with Crippen molar-refractivity contribution in [2.75, 3.05) is 25.0 Å². The Bertz CT molecular complexity index is 2350. The molecule has 12 nitrogen and oxygen atoms in total.